The summed E-state index contributed by atoms with van der Waals surface area (Å²) in [6.07, 6.45) is 4.84. The zero-order chi connectivity index (χ0) is 25.3. The highest BCUT2D eigenvalue weighted by Gasteiger charge is 2.20. The van der Waals surface area contributed by atoms with E-state index in [4.69, 9.17) is 0 Å². The molecule has 2 aromatic rings. The average molecular weight is 435 g/mol. The van der Waals surface area contributed by atoms with Crippen molar-refractivity contribution in [2.24, 2.45) is 0 Å². The molecular formula is C32H50. The summed E-state index contributed by atoms with van der Waals surface area (Å²) in [6, 6.07) is 13.6. The molecule has 0 unspecified atom stereocenters. The van der Waals surface area contributed by atoms with Crippen LogP contribution in [0, 0.1) is 6.92 Å². The number of aryl methyl sites for hydroxylation is 1. The Morgan fingerprint density at radius 1 is 0.625 bits per heavy atom. The van der Waals surface area contributed by atoms with Gasteiger partial charge in [-0.05, 0) is 57.4 Å². The van der Waals surface area contributed by atoms with E-state index >= 15 is 0 Å². The van der Waals surface area contributed by atoms with Crippen molar-refractivity contribution in [2.45, 2.75) is 106 Å². The van der Waals surface area contributed by atoms with Crippen molar-refractivity contribution in [2.75, 3.05) is 0 Å². The Bertz CT molecular complexity index is 826. The zero-order valence-electron chi connectivity index (χ0n) is 23.2. The fraction of sp³-hybridized carbons (Fsp3) is 0.500. The molecule has 0 amide bonds. The molecule has 0 heterocycles. The summed E-state index contributed by atoms with van der Waals surface area (Å²) in [5, 5.41) is 0. The van der Waals surface area contributed by atoms with Crippen molar-refractivity contribution in [3.05, 3.63) is 89.0 Å². The smallest absolute Gasteiger partial charge is 0.00999 e. The summed E-state index contributed by atoms with van der Waals surface area (Å²) in [5.74, 6) is 0. The molecular weight excluding hydrogens is 384 g/mol. The molecule has 0 radical (unpaired) electrons. The average Bonchev–Trinajstić information content (AvgIpc) is 2.67. The van der Waals surface area contributed by atoms with Crippen molar-refractivity contribution in [1.82, 2.24) is 0 Å². The maximum atomic E-state index is 3.84. The molecule has 2 aromatic carbocycles. The SMILES string of the molecule is C=CCc1cc(C(C)(C)C)cc(C(C)(C)C)c1.C=Cc1cc(C)cc(C(C)(C)C)c1.CC. The van der Waals surface area contributed by atoms with Gasteiger partial charge in [-0.3, -0.25) is 0 Å². The van der Waals surface area contributed by atoms with Crippen molar-refractivity contribution in [3.63, 3.8) is 0 Å². The normalized spacial score (nSPS) is 11.5. The van der Waals surface area contributed by atoms with Gasteiger partial charge >= 0.3 is 0 Å². The minimum atomic E-state index is 0.206. The van der Waals surface area contributed by atoms with Gasteiger partial charge in [-0.1, -0.05) is 137 Å². The quantitative estimate of drug-likeness (QED) is 0.421. The number of hydrogen-bond acceptors (Lipinski definition) is 0. The van der Waals surface area contributed by atoms with E-state index in [0.29, 0.717) is 0 Å². The van der Waals surface area contributed by atoms with Gasteiger partial charge in [0.25, 0.3) is 0 Å². The van der Waals surface area contributed by atoms with E-state index in [9.17, 15) is 0 Å². The lowest BCUT2D eigenvalue weighted by atomic mass is 9.79. The molecule has 0 nitrogen and oxygen atoms in total. The number of rotatable bonds is 3. The van der Waals surface area contributed by atoms with Crippen LogP contribution in [0.15, 0.2) is 55.6 Å². The first-order valence-electron chi connectivity index (χ1n) is 12.1. The van der Waals surface area contributed by atoms with Gasteiger partial charge in [0.1, 0.15) is 0 Å². The summed E-state index contributed by atoms with van der Waals surface area (Å²) in [4.78, 5) is 0. The van der Waals surface area contributed by atoms with Crippen LogP contribution in [0.5, 0.6) is 0 Å². The molecule has 32 heavy (non-hydrogen) atoms. The Labute approximate surface area is 200 Å². The third kappa shape index (κ3) is 10.0. The van der Waals surface area contributed by atoms with Crippen LogP contribution in [0.1, 0.15) is 110 Å². The van der Waals surface area contributed by atoms with Crippen LogP contribution in [0.2, 0.25) is 0 Å². The van der Waals surface area contributed by atoms with Gasteiger partial charge in [0.05, 0.1) is 0 Å². The fourth-order valence-corrected chi connectivity index (χ4v) is 3.21. The first-order chi connectivity index (χ1) is 14.6. The van der Waals surface area contributed by atoms with Crippen LogP contribution < -0.4 is 0 Å². The Morgan fingerprint density at radius 3 is 1.38 bits per heavy atom. The van der Waals surface area contributed by atoms with Crippen molar-refractivity contribution in [3.8, 4) is 0 Å². The summed E-state index contributed by atoms with van der Waals surface area (Å²) >= 11 is 0. The number of hydrogen-bond donors (Lipinski definition) is 0. The van der Waals surface area contributed by atoms with Crippen molar-refractivity contribution < 1.29 is 0 Å². The molecule has 2 rings (SSSR count). The highest BCUT2D eigenvalue weighted by atomic mass is 14.2. The predicted molar refractivity (Wildman–Crippen MR) is 149 cm³/mol. The van der Waals surface area contributed by atoms with E-state index in [2.05, 4.69) is 119 Å². The van der Waals surface area contributed by atoms with E-state index in [1.807, 2.05) is 26.0 Å². The third-order valence-electron chi connectivity index (χ3n) is 5.31. The highest BCUT2D eigenvalue weighted by Crippen LogP contribution is 2.30. The van der Waals surface area contributed by atoms with E-state index in [-0.39, 0.29) is 16.2 Å². The summed E-state index contributed by atoms with van der Waals surface area (Å²) in [7, 11) is 0. The monoisotopic (exact) mass is 434 g/mol. The second-order valence-corrected chi connectivity index (χ2v) is 11.5. The predicted octanol–water partition coefficient (Wildman–Crippen LogP) is 9.97. The second kappa shape index (κ2) is 12.2. The molecule has 0 fully saturated rings. The Kier molecular flexibility index (Phi) is 11.4. The standard InChI is InChI=1S/C17H26.C13H18.C2H6/c1-8-9-13-10-14(16(2,3)4)12-15(11-13)17(5,6)7;1-6-11-7-10(2)8-12(9-11)13(3,4)5;1-2/h8,10-12H,1,9H2,2-7H3;6-9H,1H2,2-5H3;1-2H3. The Morgan fingerprint density at radius 2 is 1.03 bits per heavy atom. The van der Waals surface area contributed by atoms with Gasteiger partial charge in [0.15, 0.2) is 0 Å². The van der Waals surface area contributed by atoms with Crippen molar-refractivity contribution >= 4 is 6.08 Å². The van der Waals surface area contributed by atoms with Gasteiger partial charge in [0.2, 0.25) is 0 Å². The maximum Gasteiger partial charge on any atom is -0.00999 e. The molecule has 178 valence electrons. The molecule has 0 atom stereocenters. The summed E-state index contributed by atoms with van der Waals surface area (Å²) in [5.41, 5.74) is 8.74. The molecule has 0 spiro atoms. The van der Waals surface area contributed by atoms with Gasteiger partial charge in [-0.25, -0.2) is 0 Å². The Balaban J connectivity index is 0.000000574. The second-order valence-electron chi connectivity index (χ2n) is 11.5. The molecule has 0 heteroatoms. The molecule has 0 N–H and O–H groups in total. The highest BCUT2D eigenvalue weighted by molar-refractivity contribution is 5.51. The maximum absolute atomic E-state index is 3.84. The van der Waals surface area contributed by atoms with Crippen LogP contribution in [0.4, 0.5) is 0 Å². The van der Waals surface area contributed by atoms with E-state index in [1.54, 1.807) is 0 Å². The molecule has 0 saturated carbocycles. The van der Waals surface area contributed by atoms with E-state index < -0.39 is 0 Å². The van der Waals surface area contributed by atoms with Gasteiger partial charge in [-0.15, -0.1) is 6.58 Å². The molecule has 0 aliphatic carbocycles. The minimum absolute atomic E-state index is 0.206. The van der Waals surface area contributed by atoms with Crippen LogP contribution >= 0.6 is 0 Å². The zero-order valence-corrected chi connectivity index (χ0v) is 23.2. The van der Waals surface area contributed by atoms with Crippen LogP contribution in [0.3, 0.4) is 0 Å². The number of allylic oxidation sites excluding steroid dienone is 1. The lowest BCUT2D eigenvalue weighted by Gasteiger charge is -2.26. The largest absolute Gasteiger partial charge is 0.103 e. The van der Waals surface area contributed by atoms with Crippen LogP contribution in [-0.4, -0.2) is 0 Å². The van der Waals surface area contributed by atoms with Gasteiger partial charge in [-0.2, -0.15) is 0 Å². The molecule has 0 aliphatic rings. The summed E-state index contributed by atoms with van der Waals surface area (Å²) < 4.78 is 0. The fourth-order valence-electron chi connectivity index (χ4n) is 3.21. The lowest BCUT2D eigenvalue weighted by Crippen LogP contribution is -2.17. The number of benzene rings is 2. The molecule has 0 bridgehead atoms. The van der Waals surface area contributed by atoms with E-state index in [1.165, 1.54) is 33.4 Å². The van der Waals surface area contributed by atoms with Crippen LogP contribution in [-0.2, 0) is 22.7 Å². The first-order valence-corrected chi connectivity index (χ1v) is 12.1. The molecule has 0 saturated heterocycles. The summed E-state index contributed by atoms with van der Waals surface area (Å²) in [6.45, 7) is 34.1. The third-order valence-corrected chi connectivity index (χ3v) is 5.31. The molecule has 0 aliphatic heterocycles. The van der Waals surface area contributed by atoms with Gasteiger partial charge in [0, 0.05) is 0 Å². The Hall–Kier alpha value is -2.08. The van der Waals surface area contributed by atoms with Crippen LogP contribution in [0.25, 0.3) is 6.08 Å². The topological polar surface area (TPSA) is 0 Å². The van der Waals surface area contributed by atoms with Crippen molar-refractivity contribution in [1.29, 1.82) is 0 Å². The molecule has 0 aromatic heterocycles. The van der Waals surface area contributed by atoms with E-state index in [0.717, 1.165) is 6.42 Å². The lowest BCUT2D eigenvalue weighted by molar-refractivity contribution is 0.567. The minimum Gasteiger partial charge on any atom is -0.103 e. The first kappa shape index (κ1) is 29.9. The van der Waals surface area contributed by atoms with Gasteiger partial charge < -0.3 is 0 Å².